The fraction of sp³-hybridized carbons (Fsp3) is 0.560. The van der Waals surface area contributed by atoms with E-state index in [1.54, 1.807) is 39.0 Å². The van der Waals surface area contributed by atoms with E-state index in [4.69, 9.17) is 9.15 Å². The normalized spacial score (nSPS) is 19.1. The van der Waals surface area contributed by atoms with Gasteiger partial charge in [-0.25, -0.2) is 9.18 Å². The second-order valence-corrected chi connectivity index (χ2v) is 10.6. The molecule has 1 fully saturated rings. The number of ether oxygens (including phenoxy) is 1. The van der Waals surface area contributed by atoms with Crippen LogP contribution in [0.5, 0.6) is 0 Å². The Balaban J connectivity index is 1.66. The van der Waals surface area contributed by atoms with Crippen molar-refractivity contribution in [3.63, 3.8) is 0 Å². The van der Waals surface area contributed by atoms with Crippen molar-refractivity contribution in [3.05, 3.63) is 30.2 Å². The van der Waals surface area contributed by atoms with Gasteiger partial charge in [-0.15, -0.1) is 10.2 Å². The molecule has 0 saturated carbocycles. The van der Waals surface area contributed by atoms with E-state index in [1.165, 1.54) is 18.0 Å². The van der Waals surface area contributed by atoms with Crippen LogP contribution >= 0.6 is 0 Å². The summed E-state index contributed by atoms with van der Waals surface area (Å²) in [6.07, 6.45) is -5.70. The van der Waals surface area contributed by atoms with E-state index >= 15 is 0 Å². The van der Waals surface area contributed by atoms with Gasteiger partial charge in [0.1, 0.15) is 30.6 Å². The zero-order chi connectivity index (χ0) is 27.8. The highest BCUT2D eigenvalue weighted by Gasteiger charge is 2.32. The van der Waals surface area contributed by atoms with Crippen LogP contribution in [0.25, 0.3) is 22.5 Å². The summed E-state index contributed by atoms with van der Waals surface area (Å²) in [6, 6.07) is 5.96. The second-order valence-electron chi connectivity index (χ2n) is 10.6. The summed E-state index contributed by atoms with van der Waals surface area (Å²) in [4.78, 5) is 15.4. The molecule has 9 nitrogen and oxygen atoms in total. The maximum Gasteiger partial charge on any atom is 0.410 e. The molecule has 0 aliphatic carbocycles. The lowest BCUT2D eigenvalue weighted by Gasteiger charge is -2.33. The van der Waals surface area contributed by atoms with Gasteiger partial charge in [0.2, 0.25) is 5.89 Å². The number of hydrogen-bond donors (Lipinski definition) is 1. The highest BCUT2D eigenvalue weighted by Crippen LogP contribution is 2.35. The van der Waals surface area contributed by atoms with Crippen LogP contribution in [-0.4, -0.2) is 81.8 Å². The molecule has 3 aromatic rings. The number of nitrogens with zero attached hydrogens (tertiary/aromatic N) is 5. The molecule has 38 heavy (non-hydrogen) atoms. The third-order valence-electron chi connectivity index (χ3n) is 6.13. The summed E-state index contributed by atoms with van der Waals surface area (Å²) >= 11 is 0. The number of benzene rings is 1. The molecule has 2 aromatic heterocycles. The van der Waals surface area contributed by atoms with Gasteiger partial charge in [-0.3, -0.25) is 0 Å². The zero-order valence-corrected chi connectivity index (χ0v) is 22.0. The van der Waals surface area contributed by atoms with Crippen LogP contribution in [-0.2, 0) is 17.8 Å². The number of carbonyl (C=O) groups excluding carboxylic acids is 1. The molecule has 208 valence electrons. The van der Waals surface area contributed by atoms with Crippen molar-refractivity contribution >= 4 is 22.7 Å². The van der Waals surface area contributed by atoms with Crippen molar-refractivity contribution in [2.75, 3.05) is 32.5 Å². The minimum absolute atomic E-state index is 0.0297. The minimum Gasteiger partial charge on any atom is -0.444 e. The van der Waals surface area contributed by atoms with Gasteiger partial charge in [-0.2, -0.15) is 13.2 Å². The van der Waals surface area contributed by atoms with Crippen LogP contribution in [0, 0.1) is 0 Å². The van der Waals surface area contributed by atoms with Crippen LogP contribution in [0.4, 0.5) is 28.0 Å². The summed E-state index contributed by atoms with van der Waals surface area (Å²) in [5, 5.41) is 11.5. The summed E-state index contributed by atoms with van der Waals surface area (Å²) in [5.41, 5.74) is 0.165. The number of carbonyl (C=O) groups is 1. The van der Waals surface area contributed by atoms with E-state index in [0.29, 0.717) is 24.0 Å². The molecule has 1 aliphatic heterocycles. The summed E-state index contributed by atoms with van der Waals surface area (Å²) in [5.74, 6) is -0.103. The number of anilines is 1. The molecule has 0 bridgehead atoms. The largest absolute Gasteiger partial charge is 0.444 e. The molecule has 1 aromatic carbocycles. The lowest BCUT2D eigenvalue weighted by molar-refractivity contribution is -0.139. The number of hydrogen-bond acceptors (Lipinski definition) is 7. The van der Waals surface area contributed by atoms with Gasteiger partial charge < -0.3 is 28.8 Å². The average molecular weight is 541 g/mol. The Bertz CT molecular complexity index is 1280. The molecule has 0 unspecified atom stereocenters. The summed E-state index contributed by atoms with van der Waals surface area (Å²) in [6.45, 7) is 4.78. The monoisotopic (exact) mass is 540 g/mol. The van der Waals surface area contributed by atoms with Crippen LogP contribution < -0.4 is 5.32 Å². The van der Waals surface area contributed by atoms with E-state index < -0.39 is 36.6 Å². The lowest BCUT2D eigenvalue weighted by atomic mass is 10.0. The van der Waals surface area contributed by atoms with E-state index in [9.17, 15) is 22.4 Å². The van der Waals surface area contributed by atoms with Gasteiger partial charge in [-0.1, -0.05) is 6.07 Å². The molecule has 1 N–H and O–H groups in total. The molecule has 2 atom stereocenters. The number of alkyl halides is 4. The zero-order valence-electron chi connectivity index (χ0n) is 22.0. The summed E-state index contributed by atoms with van der Waals surface area (Å²) in [7, 11) is 3.33. The first kappa shape index (κ1) is 27.7. The van der Waals surface area contributed by atoms with Gasteiger partial charge in [-0.05, 0) is 52.4 Å². The smallest absolute Gasteiger partial charge is 0.410 e. The highest BCUT2D eigenvalue weighted by atomic mass is 19.4. The van der Waals surface area contributed by atoms with E-state index in [2.05, 4.69) is 15.5 Å². The van der Waals surface area contributed by atoms with Gasteiger partial charge in [0.05, 0.1) is 11.6 Å². The van der Waals surface area contributed by atoms with Crippen LogP contribution in [0.2, 0.25) is 0 Å². The minimum atomic E-state index is -4.53. The Morgan fingerprint density at radius 2 is 2.00 bits per heavy atom. The Morgan fingerprint density at radius 1 is 1.26 bits per heavy atom. The Labute approximate surface area is 217 Å². The van der Waals surface area contributed by atoms with Crippen molar-refractivity contribution < 1.29 is 31.5 Å². The van der Waals surface area contributed by atoms with Crippen LogP contribution in [0.15, 0.2) is 28.7 Å². The van der Waals surface area contributed by atoms with Gasteiger partial charge in [0.15, 0.2) is 0 Å². The van der Waals surface area contributed by atoms with E-state index in [0.717, 1.165) is 4.57 Å². The first-order valence-electron chi connectivity index (χ1n) is 12.3. The first-order valence-corrected chi connectivity index (χ1v) is 12.3. The predicted octanol–water partition coefficient (Wildman–Crippen LogP) is 5.07. The number of amides is 1. The number of fused-ring (bicyclic) bond motifs is 1. The predicted molar refractivity (Wildman–Crippen MR) is 133 cm³/mol. The molecule has 3 heterocycles. The second kappa shape index (κ2) is 10.4. The van der Waals surface area contributed by atoms with Crippen molar-refractivity contribution in [1.29, 1.82) is 0 Å². The Kier molecular flexibility index (Phi) is 7.60. The summed E-state index contributed by atoms with van der Waals surface area (Å²) < 4.78 is 67.5. The van der Waals surface area contributed by atoms with Crippen molar-refractivity contribution in [2.45, 2.75) is 64.3 Å². The molecule has 1 saturated heterocycles. The standard InChI is InChI=1S/C25H32F4N6O3/c1-24(2,3)38-23(36)34(5)13-21-31-32-22(37-21)20-11-15-17(30-18-9-10-33(4)12-16(18)26)7-6-8-19(15)35(20)14-25(27,28)29/h6-8,11,16,18,30H,9-10,12-14H2,1-5H3/t16-,18+/m0/s1. The third-order valence-corrected chi connectivity index (χ3v) is 6.13. The Morgan fingerprint density at radius 3 is 2.66 bits per heavy atom. The maximum absolute atomic E-state index is 14.7. The molecule has 1 aliphatic rings. The van der Waals surface area contributed by atoms with Gasteiger partial charge >= 0.3 is 12.3 Å². The number of piperidine rings is 1. The Hall–Kier alpha value is -3.35. The van der Waals surface area contributed by atoms with Crippen molar-refractivity contribution in [1.82, 2.24) is 24.6 Å². The third kappa shape index (κ3) is 6.55. The molecule has 13 heteroatoms. The fourth-order valence-electron chi connectivity index (χ4n) is 4.38. The SMILES string of the molecule is CN1CC[C@@H](Nc2cccc3c2cc(-c2nnc(CN(C)C(=O)OC(C)(C)C)o2)n3CC(F)(F)F)[C@@H](F)C1. The highest BCUT2D eigenvalue weighted by molar-refractivity contribution is 5.96. The number of rotatable bonds is 6. The number of nitrogens with one attached hydrogen (secondary N) is 1. The van der Waals surface area contributed by atoms with Crippen LogP contribution in [0.1, 0.15) is 33.1 Å². The molecular formula is C25H32F4N6O3. The first-order chi connectivity index (χ1) is 17.7. The van der Waals surface area contributed by atoms with E-state index in [-0.39, 0.29) is 36.1 Å². The molecule has 0 spiro atoms. The molecular weight excluding hydrogens is 508 g/mol. The quantitative estimate of drug-likeness (QED) is 0.437. The maximum atomic E-state index is 14.7. The van der Waals surface area contributed by atoms with Gasteiger partial charge in [0, 0.05) is 31.2 Å². The van der Waals surface area contributed by atoms with E-state index in [1.807, 2.05) is 11.9 Å². The number of halogens is 4. The average Bonchev–Trinajstić information content (AvgIpc) is 3.38. The number of likely N-dealkylation sites (tertiary alicyclic amines) is 1. The molecule has 0 radical (unpaired) electrons. The molecule has 1 amide bonds. The molecule has 4 rings (SSSR count). The van der Waals surface area contributed by atoms with Crippen molar-refractivity contribution in [3.8, 4) is 11.6 Å². The topological polar surface area (TPSA) is 88.7 Å². The van der Waals surface area contributed by atoms with Crippen molar-refractivity contribution in [2.24, 2.45) is 0 Å². The van der Waals surface area contributed by atoms with Gasteiger partial charge in [0.25, 0.3) is 5.89 Å². The number of aromatic nitrogens is 3. The lowest BCUT2D eigenvalue weighted by Crippen LogP contribution is -2.46. The fourth-order valence-corrected chi connectivity index (χ4v) is 4.38. The van der Waals surface area contributed by atoms with Crippen LogP contribution in [0.3, 0.4) is 0 Å².